The molecule has 154 valence electrons. The fraction of sp³-hybridized carbons (Fsp3) is 0.286. The van der Waals surface area contributed by atoms with Gasteiger partial charge in [0.1, 0.15) is 0 Å². The third-order valence-corrected chi connectivity index (χ3v) is 4.43. The normalized spacial score (nSPS) is 11.5. The predicted molar refractivity (Wildman–Crippen MR) is 115 cm³/mol. The van der Waals surface area contributed by atoms with Gasteiger partial charge >= 0.3 is 12.0 Å². The summed E-state index contributed by atoms with van der Waals surface area (Å²) in [5.41, 5.74) is 1.40. The first-order valence-corrected chi connectivity index (χ1v) is 9.94. The molecule has 0 aliphatic rings. The Kier molecular flexibility index (Phi) is 8.21. The van der Waals surface area contributed by atoms with Crippen LogP contribution in [0.2, 0.25) is 0 Å². The number of hydrogen-bond acceptors (Lipinski definition) is 4. The summed E-state index contributed by atoms with van der Waals surface area (Å²) in [7, 11) is 0. The molecule has 0 aliphatic heterocycles. The van der Waals surface area contributed by atoms with E-state index in [9.17, 15) is 14.4 Å². The van der Waals surface area contributed by atoms with E-state index in [0.29, 0.717) is 5.69 Å². The third-order valence-electron chi connectivity index (χ3n) is 3.90. The Morgan fingerprint density at radius 3 is 2.28 bits per heavy atom. The summed E-state index contributed by atoms with van der Waals surface area (Å²) in [6, 6.07) is 13.3. The minimum absolute atomic E-state index is 0.0504. The molecule has 1 unspecified atom stereocenters. The quantitative estimate of drug-likeness (QED) is 0.542. The molecule has 3 amide bonds. The number of carbonyl (C=O) groups excluding carboxylic acids is 3. The topological polar surface area (TPSA) is 96.5 Å². The smallest absolute Gasteiger partial charge is 0.340 e. The number of ether oxygens (including phenoxy) is 1. The Morgan fingerprint density at radius 1 is 0.966 bits per heavy atom. The summed E-state index contributed by atoms with van der Waals surface area (Å²) in [6.45, 7) is 5.07. The Labute approximate surface area is 178 Å². The zero-order chi connectivity index (χ0) is 21.4. The van der Waals surface area contributed by atoms with E-state index in [-0.39, 0.29) is 17.6 Å². The summed E-state index contributed by atoms with van der Waals surface area (Å²) < 4.78 is 6.07. The highest BCUT2D eigenvalue weighted by atomic mass is 79.9. The summed E-state index contributed by atoms with van der Waals surface area (Å²) >= 11 is 3.37. The fourth-order valence-corrected chi connectivity index (χ4v) is 2.78. The second-order valence-electron chi connectivity index (χ2n) is 6.72. The second kappa shape index (κ2) is 10.6. The number of anilines is 1. The van der Waals surface area contributed by atoms with Crippen LogP contribution in [0.1, 0.15) is 42.7 Å². The summed E-state index contributed by atoms with van der Waals surface area (Å²) in [5.74, 6) is -1.12. The number of halogens is 1. The van der Waals surface area contributed by atoms with Crippen molar-refractivity contribution in [2.45, 2.75) is 32.9 Å². The van der Waals surface area contributed by atoms with E-state index in [0.717, 1.165) is 10.0 Å². The van der Waals surface area contributed by atoms with Gasteiger partial charge in [0.05, 0.1) is 17.3 Å². The van der Waals surface area contributed by atoms with E-state index in [2.05, 4.69) is 31.9 Å². The molecule has 2 rings (SSSR count). The van der Waals surface area contributed by atoms with Gasteiger partial charge in [-0.3, -0.25) is 4.79 Å². The van der Waals surface area contributed by atoms with Crippen molar-refractivity contribution in [2.75, 3.05) is 11.9 Å². The fourth-order valence-electron chi connectivity index (χ4n) is 2.52. The molecule has 2 aromatic rings. The lowest BCUT2D eigenvalue weighted by atomic mass is 10.1. The number of urea groups is 1. The molecule has 0 spiro atoms. The van der Waals surface area contributed by atoms with Gasteiger partial charge in [-0.1, -0.05) is 40.2 Å². The van der Waals surface area contributed by atoms with Crippen molar-refractivity contribution >= 4 is 39.5 Å². The number of benzene rings is 2. The number of para-hydroxylation sites is 1. The maximum atomic E-state index is 12.4. The monoisotopic (exact) mass is 461 g/mol. The van der Waals surface area contributed by atoms with Crippen LogP contribution in [-0.4, -0.2) is 30.6 Å². The van der Waals surface area contributed by atoms with Crippen LogP contribution in [0.15, 0.2) is 53.0 Å². The molecule has 0 bridgehead atoms. The number of rotatable bonds is 7. The van der Waals surface area contributed by atoms with Gasteiger partial charge in [0.25, 0.3) is 5.91 Å². The summed E-state index contributed by atoms with van der Waals surface area (Å²) in [5, 5.41) is 8.07. The Hall–Kier alpha value is -2.87. The van der Waals surface area contributed by atoms with Crippen molar-refractivity contribution in [3.05, 3.63) is 64.1 Å². The SMILES string of the molecule is CC(C)NC(=O)Nc1ccccc1C(=O)OCC(=O)NC(C)c1ccc(Br)cc1. The third kappa shape index (κ3) is 7.23. The van der Waals surface area contributed by atoms with Crippen molar-refractivity contribution < 1.29 is 19.1 Å². The molecule has 0 fully saturated rings. The lowest BCUT2D eigenvalue weighted by Gasteiger charge is -2.15. The molecule has 0 aliphatic carbocycles. The first-order valence-electron chi connectivity index (χ1n) is 9.14. The molecule has 1 atom stereocenters. The molecule has 29 heavy (non-hydrogen) atoms. The zero-order valence-electron chi connectivity index (χ0n) is 16.5. The highest BCUT2D eigenvalue weighted by Gasteiger charge is 2.17. The number of nitrogens with one attached hydrogen (secondary N) is 3. The molecule has 7 nitrogen and oxygen atoms in total. The summed E-state index contributed by atoms with van der Waals surface area (Å²) in [6.07, 6.45) is 0. The van der Waals surface area contributed by atoms with Crippen LogP contribution in [0.4, 0.5) is 10.5 Å². The number of carbonyl (C=O) groups is 3. The van der Waals surface area contributed by atoms with Gasteiger partial charge in [-0.15, -0.1) is 0 Å². The van der Waals surface area contributed by atoms with Crippen LogP contribution in [-0.2, 0) is 9.53 Å². The zero-order valence-corrected chi connectivity index (χ0v) is 18.1. The molecule has 3 N–H and O–H groups in total. The first kappa shape index (κ1) is 22.4. The summed E-state index contributed by atoms with van der Waals surface area (Å²) in [4.78, 5) is 36.4. The van der Waals surface area contributed by atoms with Crippen molar-refractivity contribution in [1.29, 1.82) is 0 Å². The van der Waals surface area contributed by atoms with Gasteiger partial charge < -0.3 is 20.7 Å². The minimum atomic E-state index is -0.697. The van der Waals surface area contributed by atoms with Gasteiger partial charge in [-0.05, 0) is 50.6 Å². The Morgan fingerprint density at radius 2 is 1.62 bits per heavy atom. The molecular weight excluding hydrogens is 438 g/mol. The molecule has 2 aromatic carbocycles. The van der Waals surface area contributed by atoms with Gasteiger partial charge in [-0.25, -0.2) is 9.59 Å². The average molecular weight is 462 g/mol. The lowest BCUT2D eigenvalue weighted by Crippen LogP contribution is -2.34. The van der Waals surface area contributed by atoms with Crippen molar-refractivity contribution in [1.82, 2.24) is 10.6 Å². The standard InChI is InChI=1S/C21H24BrN3O4/c1-13(2)23-21(28)25-18-7-5-4-6-17(18)20(27)29-12-19(26)24-14(3)15-8-10-16(22)11-9-15/h4-11,13-14H,12H2,1-3H3,(H,24,26)(H2,23,25,28). The average Bonchev–Trinajstić information content (AvgIpc) is 2.66. The van der Waals surface area contributed by atoms with Crippen molar-refractivity contribution in [2.24, 2.45) is 0 Å². The molecule has 0 aromatic heterocycles. The van der Waals surface area contributed by atoms with Crippen LogP contribution in [0.3, 0.4) is 0 Å². The van der Waals surface area contributed by atoms with Crippen LogP contribution < -0.4 is 16.0 Å². The molecule has 0 saturated carbocycles. The minimum Gasteiger partial charge on any atom is -0.452 e. The molecule has 0 heterocycles. The Bertz CT molecular complexity index is 868. The van der Waals surface area contributed by atoms with Gasteiger partial charge in [0, 0.05) is 10.5 Å². The van der Waals surface area contributed by atoms with Gasteiger partial charge in [-0.2, -0.15) is 0 Å². The predicted octanol–water partition coefficient (Wildman–Crippen LogP) is 4.01. The first-order chi connectivity index (χ1) is 13.8. The number of hydrogen-bond donors (Lipinski definition) is 3. The largest absolute Gasteiger partial charge is 0.452 e. The van der Waals surface area contributed by atoms with Crippen LogP contribution in [0, 0.1) is 0 Å². The molecule has 8 heteroatoms. The second-order valence-corrected chi connectivity index (χ2v) is 7.63. The number of esters is 1. The molecular formula is C21H24BrN3O4. The maximum absolute atomic E-state index is 12.4. The Balaban J connectivity index is 1.92. The van der Waals surface area contributed by atoms with Crippen molar-refractivity contribution in [3.8, 4) is 0 Å². The van der Waals surface area contributed by atoms with Gasteiger partial charge in [0.15, 0.2) is 6.61 Å². The lowest BCUT2D eigenvalue weighted by molar-refractivity contribution is -0.124. The molecule has 0 radical (unpaired) electrons. The van der Waals surface area contributed by atoms with Crippen LogP contribution in [0.25, 0.3) is 0 Å². The molecule has 0 saturated heterocycles. The van der Waals surface area contributed by atoms with Crippen molar-refractivity contribution in [3.63, 3.8) is 0 Å². The highest BCUT2D eigenvalue weighted by molar-refractivity contribution is 9.10. The maximum Gasteiger partial charge on any atom is 0.340 e. The van der Waals surface area contributed by atoms with E-state index >= 15 is 0 Å². The van der Waals surface area contributed by atoms with E-state index < -0.39 is 24.5 Å². The van der Waals surface area contributed by atoms with E-state index in [1.807, 2.05) is 45.0 Å². The van der Waals surface area contributed by atoms with Crippen LogP contribution in [0.5, 0.6) is 0 Å². The van der Waals surface area contributed by atoms with E-state index in [1.54, 1.807) is 18.2 Å². The van der Waals surface area contributed by atoms with E-state index in [4.69, 9.17) is 4.74 Å². The van der Waals surface area contributed by atoms with E-state index in [1.165, 1.54) is 6.07 Å². The van der Waals surface area contributed by atoms with Gasteiger partial charge in [0.2, 0.25) is 0 Å². The number of amides is 3. The van der Waals surface area contributed by atoms with Crippen LogP contribution >= 0.6 is 15.9 Å². The highest BCUT2D eigenvalue weighted by Crippen LogP contribution is 2.17.